The van der Waals surface area contributed by atoms with E-state index in [1.807, 2.05) is 41.3 Å². The molecular formula is C22H26N2O3. The molecule has 1 N–H and O–H groups in total. The first-order valence-electron chi connectivity index (χ1n) is 9.53. The van der Waals surface area contributed by atoms with Gasteiger partial charge in [0.2, 0.25) is 0 Å². The number of aryl methyl sites for hydroxylation is 1. The molecule has 1 saturated heterocycles. The minimum atomic E-state index is -0.674. The molecule has 2 amide bonds. The Kier molecular flexibility index (Phi) is 6.12. The number of para-hydroxylation sites is 1. The molecule has 1 heterocycles. The molecule has 2 aromatic carbocycles. The van der Waals surface area contributed by atoms with E-state index in [0.29, 0.717) is 17.0 Å². The van der Waals surface area contributed by atoms with Gasteiger partial charge in [-0.3, -0.25) is 9.59 Å². The fourth-order valence-corrected chi connectivity index (χ4v) is 3.16. The quantitative estimate of drug-likeness (QED) is 0.844. The van der Waals surface area contributed by atoms with Crippen molar-refractivity contribution in [3.05, 3.63) is 59.7 Å². The fraction of sp³-hybridized carbons (Fsp3) is 0.364. The maximum Gasteiger partial charge on any atom is 0.265 e. The van der Waals surface area contributed by atoms with Crippen LogP contribution in [0.25, 0.3) is 0 Å². The summed E-state index contributed by atoms with van der Waals surface area (Å²) in [5.41, 5.74) is 2.26. The van der Waals surface area contributed by atoms with E-state index in [1.165, 1.54) is 5.56 Å². The lowest BCUT2D eigenvalue weighted by Crippen LogP contribution is -2.32. The second kappa shape index (κ2) is 8.71. The normalized spacial score (nSPS) is 14.7. The van der Waals surface area contributed by atoms with Crippen molar-refractivity contribution >= 4 is 17.5 Å². The van der Waals surface area contributed by atoms with E-state index in [0.717, 1.165) is 32.4 Å². The SMILES string of the molecule is CCc1ccc(OC(C)C(=O)Nc2ccccc2C(=O)N2CCCC2)cc1. The number of likely N-dealkylation sites (tertiary alicyclic amines) is 1. The van der Waals surface area contributed by atoms with Crippen molar-refractivity contribution in [3.63, 3.8) is 0 Å². The number of hydrogen-bond donors (Lipinski definition) is 1. The lowest BCUT2D eigenvalue weighted by atomic mass is 10.1. The monoisotopic (exact) mass is 366 g/mol. The van der Waals surface area contributed by atoms with E-state index < -0.39 is 6.10 Å². The first-order chi connectivity index (χ1) is 13.1. The third-order valence-electron chi connectivity index (χ3n) is 4.82. The Labute approximate surface area is 160 Å². The average Bonchev–Trinajstić information content (AvgIpc) is 3.23. The van der Waals surface area contributed by atoms with E-state index in [2.05, 4.69) is 12.2 Å². The van der Waals surface area contributed by atoms with Gasteiger partial charge < -0.3 is 15.0 Å². The smallest absolute Gasteiger partial charge is 0.265 e. The zero-order valence-electron chi connectivity index (χ0n) is 15.9. The van der Waals surface area contributed by atoms with Crippen LogP contribution in [0, 0.1) is 0 Å². The number of hydrogen-bond acceptors (Lipinski definition) is 3. The Morgan fingerprint density at radius 1 is 1.07 bits per heavy atom. The maximum absolute atomic E-state index is 12.7. The van der Waals surface area contributed by atoms with Gasteiger partial charge in [0.15, 0.2) is 6.10 Å². The number of rotatable bonds is 6. The standard InChI is InChI=1S/C22H26N2O3/c1-3-17-10-12-18(13-11-17)27-16(2)21(25)23-20-9-5-4-8-19(20)22(26)24-14-6-7-15-24/h4-5,8-13,16H,3,6-7,14-15H2,1-2H3,(H,23,25). The van der Waals surface area contributed by atoms with Gasteiger partial charge in [0.05, 0.1) is 11.3 Å². The predicted octanol–water partition coefficient (Wildman–Crippen LogP) is 3.89. The minimum Gasteiger partial charge on any atom is -0.481 e. The van der Waals surface area contributed by atoms with Crippen LogP contribution in [-0.4, -0.2) is 35.9 Å². The van der Waals surface area contributed by atoms with Gasteiger partial charge in [0, 0.05) is 13.1 Å². The summed E-state index contributed by atoms with van der Waals surface area (Å²) in [7, 11) is 0. The summed E-state index contributed by atoms with van der Waals surface area (Å²) < 4.78 is 5.74. The zero-order chi connectivity index (χ0) is 19.2. The molecule has 3 rings (SSSR count). The maximum atomic E-state index is 12.7. The third-order valence-corrected chi connectivity index (χ3v) is 4.82. The second-order valence-electron chi connectivity index (χ2n) is 6.79. The highest BCUT2D eigenvalue weighted by molar-refractivity contribution is 6.04. The van der Waals surface area contributed by atoms with Crippen LogP contribution in [0.5, 0.6) is 5.75 Å². The van der Waals surface area contributed by atoms with Crippen LogP contribution < -0.4 is 10.1 Å². The Morgan fingerprint density at radius 2 is 1.74 bits per heavy atom. The van der Waals surface area contributed by atoms with Crippen molar-refractivity contribution in [1.29, 1.82) is 0 Å². The summed E-state index contributed by atoms with van der Waals surface area (Å²) in [4.78, 5) is 27.1. The first kappa shape index (κ1) is 19.0. The number of nitrogens with zero attached hydrogens (tertiary/aromatic N) is 1. The first-order valence-corrected chi connectivity index (χ1v) is 9.53. The highest BCUT2D eigenvalue weighted by Gasteiger charge is 2.23. The lowest BCUT2D eigenvalue weighted by molar-refractivity contribution is -0.122. The van der Waals surface area contributed by atoms with Crippen LogP contribution in [0.15, 0.2) is 48.5 Å². The number of carbonyl (C=O) groups is 2. The Hall–Kier alpha value is -2.82. The largest absolute Gasteiger partial charge is 0.481 e. The van der Waals surface area contributed by atoms with Gasteiger partial charge in [-0.25, -0.2) is 0 Å². The van der Waals surface area contributed by atoms with Crippen LogP contribution >= 0.6 is 0 Å². The number of benzene rings is 2. The van der Waals surface area contributed by atoms with Gasteiger partial charge >= 0.3 is 0 Å². The van der Waals surface area contributed by atoms with Gasteiger partial charge in [0.1, 0.15) is 5.75 Å². The molecular weight excluding hydrogens is 340 g/mol. The molecule has 0 spiro atoms. The van der Waals surface area contributed by atoms with Crippen LogP contribution in [0.3, 0.4) is 0 Å². The number of nitrogens with one attached hydrogen (secondary N) is 1. The number of anilines is 1. The molecule has 0 radical (unpaired) electrons. The van der Waals surface area contributed by atoms with Crippen LogP contribution in [0.2, 0.25) is 0 Å². The van der Waals surface area contributed by atoms with E-state index >= 15 is 0 Å². The van der Waals surface area contributed by atoms with Gasteiger partial charge in [-0.05, 0) is 56.0 Å². The summed E-state index contributed by atoms with van der Waals surface area (Å²) >= 11 is 0. The van der Waals surface area contributed by atoms with Gasteiger partial charge in [-0.2, -0.15) is 0 Å². The van der Waals surface area contributed by atoms with Crippen molar-refractivity contribution in [2.45, 2.75) is 39.2 Å². The molecule has 1 unspecified atom stereocenters. The van der Waals surface area contributed by atoms with Crippen molar-refractivity contribution in [2.75, 3.05) is 18.4 Å². The molecule has 27 heavy (non-hydrogen) atoms. The Morgan fingerprint density at radius 3 is 2.41 bits per heavy atom. The summed E-state index contributed by atoms with van der Waals surface area (Å²) in [5.74, 6) is 0.333. The minimum absolute atomic E-state index is 0.0351. The van der Waals surface area contributed by atoms with Crippen molar-refractivity contribution in [2.24, 2.45) is 0 Å². The average molecular weight is 366 g/mol. The molecule has 5 nitrogen and oxygen atoms in total. The molecule has 0 aromatic heterocycles. The predicted molar refractivity (Wildman–Crippen MR) is 106 cm³/mol. The van der Waals surface area contributed by atoms with Crippen LogP contribution in [0.4, 0.5) is 5.69 Å². The molecule has 1 atom stereocenters. The van der Waals surface area contributed by atoms with E-state index in [4.69, 9.17) is 4.74 Å². The third kappa shape index (κ3) is 4.67. The molecule has 1 aliphatic heterocycles. The second-order valence-corrected chi connectivity index (χ2v) is 6.79. The molecule has 1 aliphatic rings. The molecule has 0 bridgehead atoms. The number of amides is 2. The summed E-state index contributed by atoms with van der Waals surface area (Å²) in [5, 5.41) is 2.85. The van der Waals surface area contributed by atoms with Crippen molar-refractivity contribution in [3.8, 4) is 5.75 Å². The summed E-state index contributed by atoms with van der Waals surface area (Å²) in [6, 6.07) is 14.9. The highest BCUT2D eigenvalue weighted by Crippen LogP contribution is 2.21. The molecule has 0 aliphatic carbocycles. The topological polar surface area (TPSA) is 58.6 Å². The summed E-state index contributed by atoms with van der Waals surface area (Å²) in [6.45, 7) is 5.34. The van der Waals surface area contributed by atoms with Crippen LogP contribution in [0.1, 0.15) is 42.6 Å². The molecule has 0 saturated carbocycles. The van der Waals surface area contributed by atoms with Crippen molar-refractivity contribution in [1.82, 2.24) is 4.90 Å². The highest BCUT2D eigenvalue weighted by atomic mass is 16.5. The lowest BCUT2D eigenvalue weighted by Gasteiger charge is -2.19. The van der Waals surface area contributed by atoms with Gasteiger partial charge in [-0.15, -0.1) is 0 Å². The molecule has 142 valence electrons. The van der Waals surface area contributed by atoms with Gasteiger partial charge in [-0.1, -0.05) is 31.2 Å². The van der Waals surface area contributed by atoms with Crippen LogP contribution in [-0.2, 0) is 11.2 Å². The summed E-state index contributed by atoms with van der Waals surface area (Å²) in [6.07, 6.45) is 2.34. The number of ether oxygens (including phenoxy) is 1. The van der Waals surface area contributed by atoms with Crippen molar-refractivity contribution < 1.29 is 14.3 Å². The van der Waals surface area contributed by atoms with Gasteiger partial charge in [0.25, 0.3) is 11.8 Å². The van der Waals surface area contributed by atoms with E-state index in [9.17, 15) is 9.59 Å². The van der Waals surface area contributed by atoms with E-state index in [1.54, 1.807) is 19.1 Å². The molecule has 2 aromatic rings. The molecule has 5 heteroatoms. The fourth-order valence-electron chi connectivity index (χ4n) is 3.16. The van der Waals surface area contributed by atoms with E-state index in [-0.39, 0.29) is 11.8 Å². The zero-order valence-corrected chi connectivity index (χ0v) is 15.9. The molecule has 1 fully saturated rings. The Balaban J connectivity index is 1.67. The Bertz CT molecular complexity index is 795. The number of carbonyl (C=O) groups excluding carboxylic acids is 2.